The Morgan fingerprint density at radius 1 is 1.50 bits per heavy atom. The van der Waals surface area contributed by atoms with Crippen molar-refractivity contribution >= 4 is 11.6 Å². The zero-order valence-electron chi connectivity index (χ0n) is 11.3. The molecule has 0 aliphatic carbocycles. The van der Waals surface area contributed by atoms with E-state index in [9.17, 15) is 19.3 Å². The van der Waals surface area contributed by atoms with Crippen LogP contribution in [0, 0.1) is 21.8 Å². The molecule has 1 aromatic rings. The quantitative estimate of drug-likeness (QED) is 0.615. The monoisotopic (exact) mass is 280 g/mol. The van der Waals surface area contributed by atoms with Crippen LogP contribution >= 0.6 is 0 Å². The summed E-state index contributed by atoms with van der Waals surface area (Å²) in [6, 6.07) is 3.79. The Labute approximate surface area is 116 Å². The van der Waals surface area contributed by atoms with Crippen LogP contribution in [-0.2, 0) is 11.3 Å². The predicted molar refractivity (Wildman–Crippen MR) is 71.5 cm³/mol. The van der Waals surface area contributed by atoms with Crippen molar-refractivity contribution in [1.82, 2.24) is 4.90 Å². The zero-order chi connectivity index (χ0) is 14.7. The Balaban J connectivity index is 2.05. The van der Waals surface area contributed by atoms with Crippen LogP contribution in [0.1, 0.15) is 31.7 Å². The van der Waals surface area contributed by atoms with Gasteiger partial charge in [-0.15, -0.1) is 0 Å². The average Bonchev–Trinajstić information content (AvgIpc) is 2.70. The van der Waals surface area contributed by atoms with Gasteiger partial charge < -0.3 is 4.90 Å². The maximum absolute atomic E-state index is 13.5. The second-order valence-electron chi connectivity index (χ2n) is 5.18. The fourth-order valence-electron chi connectivity index (χ4n) is 2.63. The summed E-state index contributed by atoms with van der Waals surface area (Å²) in [7, 11) is 0. The van der Waals surface area contributed by atoms with E-state index in [2.05, 4.69) is 6.92 Å². The van der Waals surface area contributed by atoms with Gasteiger partial charge in [-0.1, -0.05) is 19.4 Å². The van der Waals surface area contributed by atoms with Crippen molar-refractivity contribution in [3.05, 3.63) is 39.7 Å². The SMILES string of the molecule is CCCC1CC(=O)N(Cc2ccc([N+](=O)[O-])c(F)c2)C1. The van der Waals surface area contributed by atoms with Crippen molar-refractivity contribution in [1.29, 1.82) is 0 Å². The number of nitro groups is 1. The number of nitrogens with zero attached hydrogens (tertiary/aromatic N) is 2. The molecule has 1 aromatic carbocycles. The van der Waals surface area contributed by atoms with Crippen LogP contribution in [0.4, 0.5) is 10.1 Å². The zero-order valence-corrected chi connectivity index (χ0v) is 11.3. The van der Waals surface area contributed by atoms with E-state index in [-0.39, 0.29) is 5.91 Å². The molecule has 20 heavy (non-hydrogen) atoms. The summed E-state index contributed by atoms with van der Waals surface area (Å²) in [6.45, 7) is 3.08. The third-order valence-corrected chi connectivity index (χ3v) is 3.57. The molecule has 2 rings (SSSR count). The average molecular weight is 280 g/mol. The molecular weight excluding hydrogens is 263 g/mol. The summed E-state index contributed by atoms with van der Waals surface area (Å²) in [5.41, 5.74) is 0.0453. The van der Waals surface area contributed by atoms with Crippen molar-refractivity contribution in [3.8, 4) is 0 Å². The Kier molecular flexibility index (Phi) is 4.32. The highest BCUT2D eigenvalue weighted by molar-refractivity contribution is 5.78. The van der Waals surface area contributed by atoms with E-state index in [0.29, 0.717) is 31.0 Å². The first-order valence-corrected chi connectivity index (χ1v) is 6.71. The molecule has 1 aliphatic heterocycles. The number of benzene rings is 1. The lowest BCUT2D eigenvalue weighted by Crippen LogP contribution is -2.24. The third-order valence-electron chi connectivity index (χ3n) is 3.57. The highest BCUT2D eigenvalue weighted by Gasteiger charge is 2.29. The van der Waals surface area contributed by atoms with Gasteiger partial charge in [0.25, 0.3) is 0 Å². The van der Waals surface area contributed by atoms with Crippen molar-refractivity contribution in [2.45, 2.75) is 32.7 Å². The van der Waals surface area contributed by atoms with Crippen molar-refractivity contribution in [2.24, 2.45) is 5.92 Å². The molecule has 5 nitrogen and oxygen atoms in total. The van der Waals surface area contributed by atoms with E-state index in [1.54, 1.807) is 4.90 Å². The standard InChI is InChI=1S/C14H17FN2O3/c1-2-3-10-7-14(18)16(8-10)9-11-4-5-13(17(19)20)12(15)6-11/h4-6,10H,2-3,7-9H2,1H3. The molecule has 1 fully saturated rings. The van der Waals surface area contributed by atoms with Crippen LogP contribution < -0.4 is 0 Å². The van der Waals surface area contributed by atoms with Gasteiger partial charge in [0.05, 0.1) is 4.92 Å². The van der Waals surface area contributed by atoms with Gasteiger partial charge in [0.1, 0.15) is 0 Å². The second-order valence-corrected chi connectivity index (χ2v) is 5.18. The minimum Gasteiger partial charge on any atom is -0.338 e. The molecule has 0 spiro atoms. The number of hydrogen-bond acceptors (Lipinski definition) is 3. The molecule has 1 heterocycles. The van der Waals surface area contributed by atoms with Crippen LogP contribution in [0.5, 0.6) is 0 Å². The maximum atomic E-state index is 13.5. The van der Waals surface area contributed by atoms with E-state index in [1.807, 2.05) is 0 Å². The Morgan fingerprint density at radius 3 is 2.85 bits per heavy atom. The van der Waals surface area contributed by atoms with E-state index in [0.717, 1.165) is 25.0 Å². The highest BCUT2D eigenvalue weighted by atomic mass is 19.1. The largest absolute Gasteiger partial charge is 0.338 e. The molecule has 0 bridgehead atoms. The van der Waals surface area contributed by atoms with Gasteiger partial charge in [0, 0.05) is 25.6 Å². The normalized spacial score (nSPS) is 18.6. The Bertz CT molecular complexity index is 533. The van der Waals surface area contributed by atoms with Gasteiger partial charge in [-0.2, -0.15) is 4.39 Å². The van der Waals surface area contributed by atoms with Crippen molar-refractivity contribution in [3.63, 3.8) is 0 Å². The number of hydrogen-bond donors (Lipinski definition) is 0. The number of nitro benzene ring substituents is 1. The highest BCUT2D eigenvalue weighted by Crippen LogP contribution is 2.25. The summed E-state index contributed by atoms with van der Waals surface area (Å²) in [5, 5.41) is 10.5. The van der Waals surface area contributed by atoms with Crippen LogP contribution in [0.3, 0.4) is 0 Å². The van der Waals surface area contributed by atoms with E-state index in [4.69, 9.17) is 0 Å². The first-order chi connectivity index (χ1) is 9.51. The fourth-order valence-corrected chi connectivity index (χ4v) is 2.63. The molecule has 0 radical (unpaired) electrons. The second kappa shape index (κ2) is 5.98. The third kappa shape index (κ3) is 3.12. The molecular formula is C14H17FN2O3. The van der Waals surface area contributed by atoms with Gasteiger partial charge >= 0.3 is 5.69 Å². The molecule has 0 saturated carbocycles. The van der Waals surface area contributed by atoms with Gasteiger partial charge in [-0.25, -0.2) is 0 Å². The van der Waals surface area contributed by atoms with E-state index < -0.39 is 16.4 Å². The van der Waals surface area contributed by atoms with Gasteiger partial charge in [-0.05, 0) is 24.0 Å². The summed E-state index contributed by atoms with van der Waals surface area (Å²) >= 11 is 0. The lowest BCUT2D eigenvalue weighted by molar-refractivity contribution is -0.387. The Hall–Kier alpha value is -1.98. The van der Waals surface area contributed by atoms with Crippen LogP contribution in [0.15, 0.2) is 18.2 Å². The topological polar surface area (TPSA) is 63.5 Å². The van der Waals surface area contributed by atoms with Crippen molar-refractivity contribution in [2.75, 3.05) is 6.54 Å². The predicted octanol–water partition coefficient (Wildman–Crippen LogP) is 2.88. The lowest BCUT2D eigenvalue weighted by atomic mass is 10.0. The maximum Gasteiger partial charge on any atom is 0.304 e. The molecule has 0 N–H and O–H groups in total. The van der Waals surface area contributed by atoms with Crippen LogP contribution in [0.2, 0.25) is 0 Å². The number of carbonyl (C=O) groups is 1. The number of rotatable bonds is 5. The number of likely N-dealkylation sites (tertiary alicyclic amines) is 1. The smallest absolute Gasteiger partial charge is 0.304 e. The molecule has 0 aromatic heterocycles. The molecule has 1 aliphatic rings. The molecule has 108 valence electrons. The summed E-state index contributed by atoms with van der Waals surface area (Å²) in [4.78, 5) is 23.3. The van der Waals surface area contributed by atoms with Crippen LogP contribution in [-0.4, -0.2) is 22.3 Å². The van der Waals surface area contributed by atoms with E-state index in [1.165, 1.54) is 6.07 Å². The lowest BCUT2D eigenvalue weighted by Gasteiger charge is -2.16. The number of carbonyl (C=O) groups excluding carboxylic acids is 1. The summed E-state index contributed by atoms with van der Waals surface area (Å²) in [5.74, 6) is -0.415. The number of amides is 1. The minimum atomic E-state index is -0.857. The Morgan fingerprint density at radius 2 is 2.25 bits per heavy atom. The van der Waals surface area contributed by atoms with Crippen LogP contribution in [0.25, 0.3) is 0 Å². The molecule has 1 unspecified atom stereocenters. The van der Waals surface area contributed by atoms with E-state index >= 15 is 0 Å². The fraction of sp³-hybridized carbons (Fsp3) is 0.500. The molecule has 6 heteroatoms. The number of halogens is 1. The van der Waals surface area contributed by atoms with Gasteiger partial charge in [0.2, 0.25) is 11.7 Å². The van der Waals surface area contributed by atoms with Gasteiger partial charge in [0.15, 0.2) is 0 Å². The van der Waals surface area contributed by atoms with Gasteiger partial charge in [-0.3, -0.25) is 14.9 Å². The minimum absolute atomic E-state index is 0.0715. The summed E-state index contributed by atoms with van der Waals surface area (Å²) in [6.07, 6.45) is 2.60. The molecule has 1 atom stereocenters. The molecule has 1 saturated heterocycles. The first-order valence-electron chi connectivity index (χ1n) is 6.71. The first kappa shape index (κ1) is 14.4. The molecule has 1 amide bonds. The summed E-state index contributed by atoms with van der Waals surface area (Å²) < 4.78 is 13.5. The van der Waals surface area contributed by atoms with Crippen molar-refractivity contribution < 1.29 is 14.1 Å².